The molecule has 0 atom stereocenters. The molecule has 5 rings (SSSR count). The van der Waals surface area contributed by atoms with Crippen molar-refractivity contribution in [2.75, 3.05) is 0 Å². The molecule has 3 aromatic carbocycles. The van der Waals surface area contributed by atoms with E-state index in [2.05, 4.69) is 33.0 Å². The number of rotatable bonds is 7. The SMILES string of the molecule is Brc1ccc2ncc(-c3ccc(OCc4ccccc4)nc3OCc3ccccc3)cc2c1.CC. The van der Waals surface area contributed by atoms with Crippen molar-refractivity contribution in [3.05, 3.63) is 119 Å². The first-order valence-electron chi connectivity index (χ1n) is 11.6. The normalized spacial score (nSPS) is 10.4. The van der Waals surface area contributed by atoms with E-state index in [-0.39, 0.29) is 0 Å². The third kappa shape index (κ3) is 6.46. The molecule has 176 valence electrons. The lowest BCUT2D eigenvalue weighted by Gasteiger charge is -2.13. The van der Waals surface area contributed by atoms with Crippen LogP contribution in [0, 0.1) is 0 Å². The van der Waals surface area contributed by atoms with Crippen LogP contribution in [-0.2, 0) is 13.2 Å². The van der Waals surface area contributed by atoms with E-state index in [0.717, 1.165) is 37.6 Å². The van der Waals surface area contributed by atoms with Crippen molar-refractivity contribution < 1.29 is 9.47 Å². The first-order chi connectivity index (χ1) is 17.2. The molecule has 0 saturated heterocycles. The Hall–Kier alpha value is -3.70. The maximum atomic E-state index is 6.18. The molecule has 0 spiro atoms. The van der Waals surface area contributed by atoms with Crippen LogP contribution in [0.5, 0.6) is 11.8 Å². The highest BCUT2D eigenvalue weighted by Crippen LogP contribution is 2.33. The molecular formula is C30H27BrN2O2. The van der Waals surface area contributed by atoms with Crippen molar-refractivity contribution in [2.45, 2.75) is 27.1 Å². The van der Waals surface area contributed by atoms with Crippen LogP contribution in [0.3, 0.4) is 0 Å². The molecule has 2 heterocycles. The number of aromatic nitrogens is 2. The van der Waals surface area contributed by atoms with Crippen LogP contribution < -0.4 is 9.47 Å². The summed E-state index contributed by atoms with van der Waals surface area (Å²) in [5.41, 5.74) is 4.89. The summed E-state index contributed by atoms with van der Waals surface area (Å²) in [6.45, 7) is 4.85. The number of pyridine rings is 2. The third-order valence-corrected chi connectivity index (χ3v) is 5.73. The second-order valence-electron chi connectivity index (χ2n) is 7.61. The highest BCUT2D eigenvalue weighted by Gasteiger charge is 2.13. The smallest absolute Gasteiger partial charge is 0.225 e. The Balaban J connectivity index is 0.00000141. The van der Waals surface area contributed by atoms with Gasteiger partial charge in [0.1, 0.15) is 13.2 Å². The predicted octanol–water partition coefficient (Wildman–Crippen LogP) is 8.24. The van der Waals surface area contributed by atoms with Gasteiger partial charge >= 0.3 is 0 Å². The topological polar surface area (TPSA) is 44.2 Å². The minimum Gasteiger partial charge on any atom is -0.473 e. The van der Waals surface area contributed by atoms with E-state index in [9.17, 15) is 0 Å². The summed E-state index contributed by atoms with van der Waals surface area (Å²) in [6, 6.07) is 32.1. The largest absolute Gasteiger partial charge is 0.473 e. The summed E-state index contributed by atoms with van der Waals surface area (Å²) in [4.78, 5) is 9.32. The van der Waals surface area contributed by atoms with Crippen molar-refractivity contribution in [3.8, 4) is 22.9 Å². The number of fused-ring (bicyclic) bond motifs is 1. The molecule has 5 aromatic rings. The Morgan fingerprint density at radius 1 is 0.714 bits per heavy atom. The zero-order valence-corrected chi connectivity index (χ0v) is 21.4. The van der Waals surface area contributed by atoms with E-state index < -0.39 is 0 Å². The van der Waals surface area contributed by atoms with Crippen molar-refractivity contribution in [3.63, 3.8) is 0 Å². The molecule has 0 N–H and O–H groups in total. The van der Waals surface area contributed by atoms with E-state index in [0.29, 0.717) is 25.0 Å². The van der Waals surface area contributed by atoms with Crippen molar-refractivity contribution in [1.82, 2.24) is 9.97 Å². The molecule has 0 saturated carbocycles. The van der Waals surface area contributed by atoms with Gasteiger partial charge in [-0.25, -0.2) is 0 Å². The maximum absolute atomic E-state index is 6.18. The van der Waals surface area contributed by atoms with Gasteiger partial charge in [-0.2, -0.15) is 4.98 Å². The van der Waals surface area contributed by atoms with Crippen molar-refractivity contribution in [2.24, 2.45) is 0 Å². The number of hydrogen-bond acceptors (Lipinski definition) is 4. The summed E-state index contributed by atoms with van der Waals surface area (Å²) >= 11 is 3.54. The van der Waals surface area contributed by atoms with Crippen LogP contribution in [0.15, 0.2) is 108 Å². The van der Waals surface area contributed by atoms with Gasteiger partial charge in [-0.3, -0.25) is 4.98 Å². The van der Waals surface area contributed by atoms with E-state index in [1.165, 1.54) is 0 Å². The third-order valence-electron chi connectivity index (χ3n) is 5.24. The molecule has 5 heteroatoms. The average Bonchev–Trinajstić information content (AvgIpc) is 2.92. The van der Waals surface area contributed by atoms with Gasteiger partial charge < -0.3 is 9.47 Å². The lowest BCUT2D eigenvalue weighted by Crippen LogP contribution is -2.02. The van der Waals surface area contributed by atoms with Crippen molar-refractivity contribution in [1.29, 1.82) is 0 Å². The fourth-order valence-electron chi connectivity index (χ4n) is 3.54. The van der Waals surface area contributed by atoms with Crippen LogP contribution in [0.4, 0.5) is 0 Å². The number of hydrogen-bond donors (Lipinski definition) is 0. The summed E-state index contributed by atoms with van der Waals surface area (Å²) in [5.74, 6) is 1.03. The van der Waals surface area contributed by atoms with E-state index in [1.807, 2.05) is 105 Å². The Kier molecular flexibility index (Phi) is 8.47. The standard InChI is InChI=1S/C28H21BrN2O2.C2H6/c29-24-11-13-26-22(16-24)15-23(17-30-26)25-12-14-27(32-18-20-7-3-1-4-8-20)31-28(25)33-19-21-9-5-2-6-10-21;1-2/h1-17H,18-19H2;1-2H3. The number of ether oxygens (including phenoxy) is 2. The molecular weight excluding hydrogens is 500 g/mol. The Morgan fingerprint density at radius 3 is 2.06 bits per heavy atom. The quantitative estimate of drug-likeness (QED) is 0.214. The van der Waals surface area contributed by atoms with Gasteiger partial charge in [-0.15, -0.1) is 0 Å². The molecule has 0 radical (unpaired) electrons. The Morgan fingerprint density at radius 2 is 1.37 bits per heavy atom. The minimum atomic E-state index is 0.412. The fourth-order valence-corrected chi connectivity index (χ4v) is 3.92. The second kappa shape index (κ2) is 12.1. The zero-order chi connectivity index (χ0) is 24.5. The van der Waals surface area contributed by atoms with Crippen LogP contribution in [-0.4, -0.2) is 9.97 Å². The number of nitrogens with zero attached hydrogens (tertiary/aromatic N) is 2. The molecule has 0 aliphatic rings. The van der Waals surface area contributed by atoms with Crippen LogP contribution >= 0.6 is 15.9 Å². The molecule has 2 aromatic heterocycles. The first kappa shape index (κ1) is 24.4. The van der Waals surface area contributed by atoms with Crippen LogP contribution in [0.25, 0.3) is 22.0 Å². The summed E-state index contributed by atoms with van der Waals surface area (Å²) < 4.78 is 13.1. The minimum absolute atomic E-state index is 0.412. The highest BCUT2D eigenvalue weighted by atomic mass is 79.9. The second-order valence-corrected chi connectivity index (χ2v) is 8.53. The van der Waals surface area contributed by atoms with E-state index in [4.69, 9.17) is 14.5 Å². The molecule has 0 amide bonds. The molecule has 0 unspecified atom stereocenters. The van der Waals surface area contributed by atoms with Gasteiger partial charge in [0.05, 0.1) is 5.52 Å². The average molecular weight is 527 g/mol. The lowest BCUT2D eigenvalue weighted by atomic mass is 10.1. The monoisotopic (exact) mass is 526 g/mol. The number of halogens is 1. The summed E-state index contributed by atoms with van der Waals surface area (Å²) in [5, 5.41) is 1.04. The molecule has 0 aliphatic carbocycles. The van der Waals surface area contributed by atoms with Gasteiger partial charge in [0.2, 0.25) is 11.8 Å². The maximum Gasteiger partial charge on any atom is 0.225 e. The van der Waals surface area contributed by atoms with E-state index >= 15 is 0 Å². The summed E-state index contributed by atoms with van der Waals surface area (Å²) in [6.07, 6.45) is 1.85. The van der Waals surface area contributed by atoms with E-state index in [1.54, 1.807) is 0 Å². The number of benzene rings is 3. The fraction of sp³-hybridized carbons (Fsp3) is 0.133. The highest BCUT2D eigenvalue weighted by molar-refractivity contribution is 9.10. The predicted molar refractivity (Wildman–Crippen MR) is 146 cm³/mol. The molecule has 0 aliphatic heterocycles. The molecule has 4 nitrogen and oxygen atoms in total. The van der Waals surface area contributed by atoms with Gasteiger partial charge in [0, 0.05) is 33.2 Å². The summed E-state index contributed by atoms with van der Waals surface area (Å²) in [7, 11) is 0. The van der Waals surface area contributed by atoms with Gasteiger partial charge in [0.15, 0.2) is 0 Å². The molecule has 35 heavy (non-hydrogen) atoms. The first-order valence-corrected chi connectivity index (χ1v) is 12.4. The van der Waals surface area contributed by atoms with Crippen molar-refractivity contribution >= 4 is 26.8 Å². The lowest BCUT2D eigenvalue weighted by molar-refractivity contribution is 0.268. The zero-order valence-electron chi connectivity index (χ0n) is 19.8. The van der Waals surface area contributed by atoms with Crippen LogP contribution in [0.2, 0.25) is 0 Å². The Labute approximate surface area is 214 Å². The molecule has 0 fully saturated rings. The van der Waals surface area contributed by atoms with Gasteiger partial charge in [0.25, 0.3) is 0 Å². The van der Waals surface area contributed by atoms with Crippen LogP contribution in [0.1, 0.15) is 25.0 Å². The van der Waals surface area contributed by atoms with Gasteiger partial charge in [-0.1, -0.05) is 90.4 Å². The Bertz CT molecular complexity index is 1380. The van der Waals surface area contributed by atoms with Gasteiger partial charge in [-0.05, 0) is 41.5 Å². The molecule has 0 bridgehead atoms.